The van der Waals surface area contributed by atoms with Crippen LogP contribution in [-0.2, 0) is 4.79 Å². The molecule has 1 amide bonds. The molecule has 1 fully saturated rings. The average Bonchev–Trinajstić information content (AvgIpc) is 2.69. The van der Waals surface area contributed by atoms with Crippen molar-refractivity contribution in [2.45, 2.75) is 13.0 Å². The van der Waals surface area contributed by atoms with Gasteiger partial charge in [0.15, 0.2) is 0 Å². The van der Waals surface area contributed by atoms with Crippen molar-refractivity contribution >= 4 is 17.3 Å². The van der Waals surface area contributed by atoms with Crippen LogP contribution in [0.1, 0.15) is 6.92 Å². The molecule has 2 aromatic carbocycles. The van der Waals surface area contributed by atoms with E-state index >= 15 is 0 Å². The highest BCUT2D eigenvalue weighted by molar-refractivity contribution is 5.94. The van der Waals surface area contributed by atoms with Crippen LogP contribution in [0.2, 0.25) is 0 Å². The lowest BCUT2D eigenvalue weighted by Gasteiger charge is -2.38. The molecule has 0 bridgehead atoms. The van der Waals surface area contributed by atoms with E-state index in [2.05, 4.69) is 21.2 Å². The van der Waals surface area contributed by atoms with Crippen LogP contribution in [0.15, 0.2) is 48.5 Å². The Kier molecular flexibility index (Phi) is 5.73. The zero-order valence-electron chi connectivity index (χ0n) is 15.1. The number of methoxy groups -OCH3 is 1. The molecule has 1 heterocycles. The number of carbonyl (C=O) groups is 1. The number of hydrogen-bond donors (Lipinski definition) is 1. The van der Waals surface area contributed by atoms with E-state index in [0.717, 1.165) is 37.6 Å². The molecule has 1 aliphatic rings. The first-order valence-electron chi connectivity index (χ1n) is 8.76. The summed E-state index contributed by atoms with van der Waals surface area (Å²) in [5.74, 6) is 0.452. The first-order chi connectivity index (χ1) is 12.6. The SMILES string of the molecule is COc1cccc(N2CCN([C@@H](C)C(=O)Nc3ccc(F)cc3)CC2)c1. The molecule has 1 aliphatic heterocycles. The van der Waals surface area contributed by atoms with Gasteiger partial charge in [-0.2, -0.15) is 0 Å². The van der Waals surface area contributed by atoms with Crippen molar-refractivity contribution in [3.05, 3.63) is 54.3 Å². The second-order valence-corrected chi connectivity index (χ2v) is 6.40. The van der Waals surface area contributed by atoms with Crippen LogP contribution in [0.5, 0.6) is 5.75 Å². The van der Waals surface area contributed by atoms with E-state index < -0.39 is 0 Å². The number of amides is 1. The molecular weight excluding hydrogens is 333 g/mol. The average molecular weight is 357 g/mol. The van der Waals surface area contributed by atoms with E-state index in [4.69, 9.17) is 4.74 Å². The van der Waals surface area contributed by atoms with E-state index in [1.807, 2.05) is 25.1 Å². The van der Waals surface area contributed by atoms with Gasteiger partial charge in [0.1, 0.15) is 11.6 Å². The van der Waals surface area contributed by atoms with E-state index in [1.54, 1.807) is 19.2 Å². The Labute approximate surface area is 153 Å². The number of hydrogen-bond acceptors (Lipinski definition) is 4. The molecule has 0 aliphatic carbocycles. The van der Waals surface area contributed by atoms with Crippen molar-refractivity contribution in [1.29, 1.82) is 0 Å². The number of benzene rings is 2. The molecule has 138 valence electrons. The molecule has 1 saturated heterocycles. The minimum absolute atomic E-state index is 0.0774. The van der Waals surface area contributed by atoms with Gasteiger partial charge < -0.3 is 15.0 Å². The van der Waals surface area contributed by atoms with Crippen molar-refractivity contribution < 1.29 is 13.9 Å². The summed E-state index contributed by atoms with van der Waals surface area (Å²) < 4.78 is 18.3. The van der Waals surface area contributed by atoms with E-state index in [9.17, 15) is 9.18 Å². The summed E-state index contributed by atoms with van der Waals surface area (Å²) in [4.78, 5) is 16.9. The minimum Gasteiger partial charge on any atom is -0.497 e. The van der Waals surface area contributed by atoms with Crippen LogP contribution in [0.3, 0.4) is 0 Å². The van der Waals surface area contributed by atoms with Crippen LogP contribution in [0.25, 0.3) is 0 Å². The number of ether oxygens (including phenoxy) is 1. The maximum atomic E-state index is 13.0. The zero-order chi connectivity index (χ0) is 18.5. The molecule has 2 aromatic rings. The number of halogens is 1. The molecule has 0 spiro atoms. The lowest BCUT2D eigenvalue weighted by molar-refractivity contribution is -0.120. The van der Waals surface area contributed by atoms with Crippen molar-refractivity contribution in [3.63, 3.8) is 0 Å². The quantitative estimate of drug-likeness (QED) is 0.894. The Morgan fingerprint density at radius 1 is 1.12 bits per heavy atom. The van der Waals surface area contributed by atoms with E-state index in [-0.39, 0.29) is 17.8 Å². The summed E-state index contributed by atoms with van der Waals surface area (Å²) in [6, 6.07) is 13.6. The fourth-order valence-corrected chi connectivity index (χ4v) is 3.12. The summed E-state index contributed by atoms with van der Waals surface area (Å²) in [5, 5.41) is 2.85. The molecular formula is C20H24FN3O2. The maximum absolute atomic E-state index is 13.0. The van der Waals surface area contributed by atoms with Gasteiger partial charge in [-0.25, -0.2) is 4.39 Å². The number of anilines is 2. The predicted molar refractivity (Wildman–Crippen MR) is 101 cm³/mol. The van der Waals surface area contributed by atoms with E-state index in [0.29, 0.717) is 5.69 Å². The summed E-state index contributed by atoms with van der Waals surface area (Å²) in [5.41, 5.74) is 1.74. The van der Waals surface area contributed by atoms with E-state index in [1.165, 1.54) is 12.1 Å². The predicted octanol–water partition coefficient (Wildman–Crippen LogP) is 2.98. The topological polar surface area (TPSA) is 44.8 Å². The largest absolute Gasteiger partial charge is 0.497 e. The van der Waals surface area contributed by atoms with Crippen molar-refractivity contribution in [3.8, 4) is 5.75 Å². The molecule has 0 unspecified atom stereocenters. The molecule has 26 heavy (non-hydrogen) atoms. The Bertz CT molecular complexity index is 743. The Morgan fingerprint density at radius 2 is 1.81 bits per heavy atom. The van der Waals surface area contributed by atoms with Crippen LogP contribution in [-0.4, -0.2) is 50.1 Å². The van der Waals surface area contributed by atoms with Crippen LogP contribution in [0.4, 0.5) is 15.8 Å². The highest BCUT2D eigenvalue weighted by Gasteiger charge is 2.25. The van der Waals surface area contributed by atoms with Gasteiger partial charge in [-0.1, -0.05) is 6.07 Å². The van der Waals surface area contributed by atoms with Gasteiger partial charge >= 0.3 is 0 Å². The molecule has 3 rings (SSSR count). The van der Waals surface area contributed by atoms with Gasteiger partial charge in [-0.15, -0.1) is 0 Å². The number of nitrogens with zero attached hydrogens (tertiary/aromatic N) is 2. The van der Waals surface area contributed by atoms with Gasteiger partial charge in [0, 0.05) is 43.6 Å². The van der Waals surface area contributed by atoms with Gasteiger partial charge in [0.25, 0.3) is 0 Å². The smallest absolute Gasteiger partial charge is 0.241 e. The third-order valence-corrected chi connectivity index (χ3v) is 4.77. The Morgan fingerprint density at radius 3 is 2.46 bits per heavy atom. The molecule has 0 radical (unpaired) electrons. The third kappa shape index (κ3) is 4.32. The normalized spacial score (nSPS) is 16.2. The number of carbonyl (C=O) groups excluding carboxylic acids is 1. The monoisotopic (exact) mass is 357 g/mol. The second kappa shape index (κ2) is 8.19. The number of piperazine rings is 1. The molecule has 5 nitrogen and oxygen atoms in total. The number of nitrogens with one attached hydrogen (secondary N) is 1. The second-order valence-electron chi connectivity index (χ2n) is 6.40. The summed E-state index contributed by atoms with van der Waals surface area (Å²) in [6.45, 7) is 5.20. The lowest BCUT2D eigenvalue weighted by atomic mass is 10.2. The van der Waals surface area contributed by atoms with Crippen LogP contribution >= 0.6 is 0 Å². The fourth-order valence-electron chi connectivity index (χ4n) is 3.12. The molecule has 1 atom stereocenters. The fraction of sp³-hybridized carbons (Fsp3) is 0.350. The molecule has 0 aromatic heterocycles. The minimum atomic E-state index is -0.315. The van der Waals surface area contributed by atoms with Gasteiger partial charge in [0.05, 0.1) is 13.2 Å². The van der Waals surface area contributed by atoms with Crippen molar-refractivity contribution in [1.82, 2.24) is 4.90 Å². The molecule has 0 saturated carbocycles. The summed E-state index contributed by atoms with van der Waals surface area (Å²) >= 11 is 0. The highest BCUT2D eigenvalue weighted by atomic mass is 19.1. The lowest BCUT2D eigenvalue weighted by Crippen LogP contribution is -2.52. The van der Waals surface area contributed by atoms with Crippen molar-refractivity contribution in [2.75, 3.05) is 43.5 Å². The molecule has 1 N–H and O–H groups in total. The summed E-state index contributed by atoms with van der Waals surface area (Å²) in [6.07, 6.45) is 0. The third-order valence-electron chi connectivity index (χ3n) is 4.77. The maximum Gasteiger partial charge on any atom is 0.241 e. The number of rotatable bonds is 5. The first-order valence-corrected chi connectivity index (χ1v) is 8.76. The standard InChI is InChI=1S/C20H24FN3O2/c1-15(20(25)22-17-8-6-16(21)7-9-17)23-10-12-24(13-11-23)18-4-3-5-19(14-18)26-2/h3-9,14-15H,10-13H2,1-2H3,(H,22,25)/t15-/m0/s1. The van der Waals surface area contributed by atoms with Gasteiger partial charge in [-0.05, 0) is 43.3 Å². The van der Waals surface area contributed by atoms with Crippen LogP contribution < -0.4 is 15.0 Å². The van der Waals surface area contributed by atoms with Crippen LogP contribution in [0, 0.1) is 5.82 Å². The van der Waals surface area contributed by atoms with Crippen molar-refractivity contribution in [2.24, 2.45) is 0 Å². The highest BCUT2D eigenvalue weighted by Crippen LogP contribution is 2.22. The first kappa shape index (κ1) is 18.2. The van der Waals surface area contributed by atoms with Gasteiger partial charge in [-0.3, -0.25) is 9.69 Å². The Balaban J connectivity index is 1.55. The van der Waals surface area contributed by atoms with Gasteiger partial charge in [0.2, 0.25) is 5.91 Å². The summed E-state index contributed by atoms with van der Waals surface area (Å²) in [7, 11) is 1.67. The zero-order valence-corrected chi connectivity index (χ0v) is 15.1. The molecule has 6 heteroatoms. The Hall–Kier alpha value is -2.60.